The van der Waals surface area contributed by atoms with Gasteiger partial charge in [-0.3, -0.25) is 0 Å². The van der Waals surface area contributed by atoms with Gasteiger partial charge in [-0.25, -0.2) is 8.42 Å². The molecule has 0 aliphatic carbocycles. The van der Waals surface area contributed by atoms with E-state index in [1.165, 1.54) is 12.8 Å². The molecule has 0 radical (unpaired) electrons. The fraction of sp³-hybridized carbons (Fsp3) is 0.714. The van der Waals surface area contributed by atoms with Crippen LogP contribution < -0.4 is 15.5 Å². The Balaban J connectivity index is 1.73. The molecule has 2 aliphatic rings. The summed E-state index contributed by atoms with van der Waals surface area (Å²) in [7, 11) is -3.12. The third kappa shape index (κ3) is 3.50. The second-order valence-corrected chi connectivity index (χ2v) is 8.18. The Hall–Kier alpha value is -1.61. The van der Waals surface area contributed by atoms with Gasteiger partial charge in [0.25, 0.3) is 0 Å². The number of hydrogen-bond donors (Lipinski definition) is 1. The lowest BCUT2D eigenvalue weighted by atomic mass is 10.3. The van der Waals surface area contributed by atoms with Gasteiger partial charge in [-0.15, -0.1) is 0 Å². The first kappa shape index (κ1) is 16.3. The number of rotatable bonds is 4. The van der Waals surface area contributed by atoms with Crippen molar-refractivity contribution >= 4 is 27.6 Å². The van der Waals surface area contributed by atoms with Crippen LogP contribution in [-0.4, -0.2) is 67.7 Å². The average Bonchev–Trinajstić information content (AvgIpc) is 3.09. The highest BCUT2D eigenvalue weighted by atomic mass is 32.2. The van der Waals surface area contributed by atoms with Crippen LogP contribution >= 0.6 is 0 Å². The molecule has 8 nitrogen and oxygen atoms in total. The van der Waals surface area contributed by atoms with Crippen LogP contribution in [0.15, 0.2) is 6.07 Å². The molecule has 2 fully saturated rings. The molecule has 0 unspecified atom stereocenters. The largest absolute Gasteiger partial charge is 0.368 e. The Kier molecular flexibility index (Phi) is 4.58. The minimum absolute atomic E-state index is 0.145. The molecule has 128 valence electrons. The summed E-state index contributed by atoms with van der Waals surface area (Å²) in [4.78, 5) is 13.0. The summed E-state index contributed by atoms with van der Waals surface area (Å²) in [6, 6.07) is 1.96. The van der Waals surface area contributed by atoms with E-state index in [1.807, 2.05) is 6.07 Å². The van der Waals surface area contributed by atoms with E-state index in [0.717, 1.165) is 24.7 Å². The summed E-state index contributed by atoms with van der Waals surface area (Å²) in [5.41, 5.74) is 5.87. The van der Waals surface area contributed by atoms with Gasteiger partial charge in [0.2, 0.25) is 16.0 Å². The van der Waals surface area contributed by atoms with E-state index in [4.69, 9.17) is 5.73 Å². The van der Waals surface area contributed by atoms with Crippen LogP contribution in [0.3, 0.4) is 0 Å². The first-order chi connectivity index (χ1) is 11.0. The van der Waals surface area contributed by atoms with Crippen LogP contribution in [0.2, 0.25) is 0 Å². The number of hydrogen-bond acceptors (Lipinski definition) is 7. The van der Waals surface area contributed by atoms with Gasteiger partial charge in [0, 0.05) is 45.3 Å². The highest BCUT2D eigenvalue weighted by Crippen LogP contribution is 2.24. The third-order valence-electron chi connectivity index (χ3n) is 4.47. The quantitative estimate of drug-likeness (QED) is 0.832. The first-order valence-electron chi connectivity index (χ1n) is 8.12. The van der Waals surface area contributed by atoms with E-state index in [9.17, 15) is 8.42 Å². The molecule has 3 heterocycles. The summed E-state index contributed by atoms with van der Waals surface area (Å²) >= 11 is 0. The van der Waals surface area contributed by atoms with Crippen LogP contribution in [0.1, 0.15) is 19.8 Å². The average molecular weight is 340 g/mol. The van der Waals surface area contributed by atoms with Crippen LogP contribution in [0.5, 0.6) is 0 Å². The molecule has 1 aromatic heterocycles. The Morgan fingerprint density at radius 1 is 1.00 bits per heavy atom. The lowest BCUT2D eigenvalue weighted by Crippen LogP contribution is -2.49. The second kappa shape index (κ2) is 6.48. The SMILES string of the molecule is CCS(=O)(=O)N1CCN(c2cc(N3CCCC3)nc(N)n2)CC1. The fourth-order valence-electron chi connectivity index (χ4n) is 3.09. The summed E-state index contributed by atoms with van der Waals surface area (Å²) in [5.74, 6) is 2.07. The number of nitrogens with two attached hydrogens (primary N) is 1. The van der Waals surface area contributed by atoms with Gasteiger partial charge in [0.1, 0.15) is 11.6 Å². The minimum Gasteiger partial charge on any atom is -0.368 e. The van der Waals surface area contributed by atoms with Gasteiger partial charge in [-0.05, 0) is 19.8 Å². The Morgan fingerprint density at radius 2 is 1.52 bits per heavy atom. The molecule has 0 saturated carbocycles. The molecule has 2 saturated heterocycles. The van der Waals surface area contributed by atoms with Gasteiger partial charge in [-0.2, -0.15) is 14.3 Å². The minimum atomic E-state index is -3.12. The van der Waals surface area contributed by atoms with Crippen molar-refractivity contribution in [1.82, 2.24) is 14.3 Å². The lowest BCUT2D eigenvalue weighted by molar-refractivity contribution is 0.384. The first-order valence-corrected chi connectivity index (χ1v) is 9.73. The second-order valence-electron chi connectivity index (χ2n) is 5.92. The number of nitrogens with zero attached hydrogens (tertiary/aromatic N) is 5. The van der Waals surface area contributed by atoms with Gasteiger partial charge >= 0.3 is 0 Å². The number of sulfonamides is 1. The van der Waals surface area contributed by atoms with Gasteiger partial charge in [-0.1, -0.05) is 0 Å². The molecule has 1 aromatic rings. The zero-order chi connectivity index (χ0) is 16.4. The van der Waals surface area contributed by atoms with E-state index >= 15 is 0 Å². The molecule has 23 heavy (non-hydrogen) atoms. The van der Waals surface area contributed by atoms with Crippen molar-refractivity contribution < 1.29 is 8.42 Å². The predicted octanol–water partition coefficient (Wildman–Crippen LogP) is 0.131. The van der Waals surface area contributed by atoms with Crippen LogP contribution in [-0.2, 0) is 10.0 Å². The van der Waals surface area contributed by atoms with E-state index in [2.05, 4.69) is 19.8 Å². The normalized spacial score (nSPS) is 20.2. The van der Waals surface area contributed by atoms with Crippen LogP contribution in [0, 0.1) is 0 Å². The fourth-order valence-corrected chi connectivity index (χ4v) is 4.17. The topological polar surface area (TPSA) is 95.7 Å². The summed E-state index contributed by atoms with van der Waals surface area (Å²) in [6.45, 7) is 5.88. The predicted molar refractivity (Wildman–Crippen MR) is 91.1 cm³/mol. The molecular weight excluding hydrogens is 316 g/mol. The monoisotopic (exact) mass is 340 g/mol. The number of nitrogen functional groups attached to an aromatic ring is 1. The van der Waals surface area contributed by atoms with Crippen molar-refractivity contribution in [2.24, 2.45) is 0 Å². The highest BCUT2D eigenvalue weighted by Gasteiger charge is 2.26. The zero-order valence-electron chi connectivity index (χ0n) is 13.5. The van der Waals surface area contributed by atoms with Crippen LogP contribution in [0.25, 0.3) is 0 Å². The maximum atomic E-state index is 11.9. The molecule has 0 bridgehead atoms. The van der Waals surface area contributed by atoms with E-state index in [1.54, 1.807) is 11.2 Å². The van der Waals surface area contributed by atoms with Gasteiger partial charge in [0.15, 0.2) is 0 Å². The molecule has 2 aliphatic heterocycles. The Labute approximate surface area is 137 Å². The standard InChI is InChI=1S/C14H24N6O2S/c1-2-23(21,22)20-9-7-19(8-10-20)13-11-12(16-14(15)17-13)18-5-3-4-6-18/h11H,2-10H2,1H3,(H2,15,16,17). The molecular formula is C14H24N6O2S. The van der Waals surface area contributed by atoms with Crippen molar-refractivity contribution in [2.75, 3.05) is 60.6 Å². The summed E-state index contributed by atoms with van der Waals surface area (Å²) < 4.78 is 25.4. The Bertz CT molecular complexity index is 651. The molecule has 0 amide bonds. The van der Waals surface area contributed by atoms with E-state index in [-0.39, 0.29) is 11.7 Å². The van der Waals surface area contributed by atoms with E-state index in [0.29, 0.717) is 26.2 Å². The summed E-state index contributed by atoms with van der Waals surface area (Å²) in [6.07, 6.45) is 2.35. The van der Waals surface area contributed by atoms with Crippen molar-refractivity contribution in [2.45, 2.75) is 19.8 Å². The molecule has 9 heteroatoms. The third-order valence-corrected chi connectivity index (χ3v) is 6.35. The highest BCUT2D eigenvalue weighted by molar-refractivity contribution is 7.89. The van der Waals surface area contributed by atoms with Gasteiger partial charge in [0.05, 0.1) is 5.75 Å². The molecule has 2 N–H and O–H groups in total. The van der Waals surface area contributed by atoms with Crippen molar-refractivity contribution in [3.8, 4) is 0 Å². The maximum absolute atomic E-state index is 11.9. The Morgan fingerprint density at radius 3 is 2.04 bits per heavy atom. The summed E-state index contributed by atoms with van der Waals surface area (Å²) in [5, 5.41) is 0. The number of aromatic nitrogens is 2. The molecule has 0 spiro atoms. The van der Waals surface area contributed by atoms with Crippen LogP contribution in [0.4, 0.5) is 17.6 Å². The van der Waals surface area contributed by atoms with Crippen molar-refractivity contribution in [3.05, 3.63) is 6.07 Å². The van der Waals surface area contributed by atoms with E-state index < -0.39 is 10.0 Å². The van der Waals surface area contributed by atoms with Gasteiger partial charge < -0.3 is 15.5 Å². The number of anilines is 3. The molecule has 3 rings (SSSR count). The van der Waals surface area contributed by atoms with Crippen molar-refractivity contribution in [3.63, 3.8) is 0 Å². The molecule has 0 atom stereocenters. The zero-order valence-corrected chi connectivity index (χ0v) is 14.3. The maximum Gasteiger partial charge on any atom is 0.223 e. The molecule has 0 aromatic carbocycles. The van der Waals surface area contributed by atoms with Crippen molar-refractivity contribution in [1.29, 1.82) is 0 Å². The number of piperazine rings is 1. The smallest absolute Gasteiger partial charge is 0.223 e. The lowest BCUT2D eigenvalue weighted by Gasteiger charge is -2.34.